The van der Waals surface area contributed by atoms with Crippen LogP contribution in [0.25, 0.3) is 0 Å². The molecule has 0 aromatic rings. The quantitative estimate of drug-likeness (QED) is 0.0587. The molecule has 0 aliphatic heterocycles. The number of aliphatic hydroxyl groups is 3. The number of esters is 3. The van der Waals surface area contributed by atoms with Crippen LogP contribution in [0.1, 0.15) is 26.2 Å². The van der Waals surface area contributed by atoms with Crippen LogP contribution in [0.3, 0.4) is 0 Å². The van der Waals surface area contributed by atoms with Gasteiger partial charge in [0.15, 0.2) is 11.7 Å². The molecule has 5 N–H and O–H groups in total. The number of aliphatic hydroxyl groups excluding tert-OH is 2. The molecule has 0 aromatic carbocycles. The van der Waals surface area contributed by atoms with E-state index < -0.39 is 80.0 Å². The van der Waals surface area contributed by atoms with E-state index in [-0.39, 0.29) is 13.0 Å². The fraction of sp³-hybridized carbons (Fsp3) is 0.750. The second kappa shape index (κ2) is 14.5. The van der Waals surface area contributed by atoms with Gasteiger partial charge < -0.3 is 49.0 Å². The molecule has 0 amide bonds. The molecular weight excluding hydrogens is 478 g/mol. The Kier molecular flexibility index (Phi) is 13.3. The highest BCUT2D eigenvalue weighted by Gasteiger charge is 2.43. The first-order chi connectivity index (χ1) is 16.0. The number of aliphatic carboxylic acids is 2. The molecule has 0 saturated heterocycles. The smallest absolute Gasteiger partial charge is 0.377 e. The maximum absolute atomic E-state index is 12.4. The van der Waals surface area contributed by atoms with Crippen LogP contribution in [-0.2, 0) is 42.9 Å². The number of nitrogens with zero attached hydrogens (tertiary/aromatic N) is 1. The molecule has 4 atom stereocenters. The van der Waals surface area contributed by atoms with Gasteiger partial charge in [0, 0.05) is 0 Å². The van der Waals surface area contributed by atoms with E-state index >= 15 is 0 Å². The Morgan fingerprint density at radius 2 is 1.54 bits per heavy atom. The predicted molar refractivity (Wildman–Crippen MR) is 112 cm³/mol. The number of hydrogen-bond acceptors (Lipinski definition) is 12. The van der Waals surface area contributed by atoms with Gasteiger partial charge in [-0.3, -0.25) is 9.59 Å². The molecule has 0 heterocycles. The maximum atomic E-state index is 12.4. The lowest BCUT2D eigenvalue weighted by Gasteiger charge is -2.26. The van der Waals surface area contributed by atoms with Gasteiger partial charge in [0.2, 0.25) is 0 Å². The Morgan fingerprint density at radius 1 is 0.971 bits per heavy atom. The summed E-state index contributed by atoms with van der Waals surface area (Å²) in [5.74, 6) is -7.60. The standard InChI is InChI=1S/C20H33NO14/c1-5-13(16(26)27)34-17(28)18(32-7-6-21(2,3)4)35-15(25)9-20(31,19(29)30)8-14(24)33-11-12(23)10-22/h12-13,18,22-23,31H,5-11H2,1-4H3,(H-,26,27,29,30)/p+1. The maximum Gasteiger partial charge on any atom is 0.377 e. The van der Waals surface area contributed by atoms with E-state index in [2.05, 4.69) is 4.74 Å². The van der Waals surface area contributed by atoms with Gasteiger partial charge in [-0.15, -0.1) is 0 Å². The minimum absolute atomic E-state index is 0.105. The number of carboxylic acid groups (broad SMARTS) is 2. The Balaban J connectivity index is 5.41. The van der Waals surface area contributed by atoms with Crippen molar-refractivity contribution in [1.29, 1.82) is 0 Å². The summed E-state index contributed by atoms with van der Waals surface area (Å²) in [5.41, 5.74) is -3.01. The van der Waals surface area contributed by atoms with Crippen LogP contribution in [0.2, 0.25) is 0 Å². The molecule has 0 spiro atoms. The summed E-state index contributed by atoms with van der Waals surface area (Å²) in [6.45, 7) is 0.169. The van der Waals surface area contributed by atoms with E-state index in [0.29, 0.717) is 11.0 Å². The van der Waals surface area contributed by atoms with Crippen molar-refractivity contribution in [2.45, 2.75) is 50.3 Å². The van der Waals surface area contributed by atoms with Gasteiger partial charge in [-0.25, -0.2) is 14.4 Å². The fourth-order valence-electron chi connectivity index (χ4n) is 2.23. The SMILES string of the molecule is CCC(OC(=O)C(OCC[N+](C)(C)C)OC(=O)CC(O)(CC(=O)OCC(O)CO)C(=O)O)C(=O)O. The van der Waals surface area contributed by atoms with Crippen molar-refractivity contribution in [3.63, 3.8) is 0 Å². The number of hydrogen-bond donors (Lipinski definition) is 5. The van der Waals surface area contributed by atoms with Crippen LogP contribution >= 0.6 is 0 Å². The average Bonchev–Trinajstić information content (AvgIpc) is 2.73. The summed E-state index contributed by atoms with van der Waals surface area (Å²) in [4.78, 5) is 59.2. The van der Waals surface area contributed by atoms with Crippen LogP contribution in [0, 0.1) is 0 Å². The van der Waals surface area contributed by atoms with Crippen LogP contribution in [-0.4, -0.2) is 131 Å². The Hall–Kier alpha value is -2.85. The third-order valence-corrected chi connectivity index (χ3v) is 4.29. The Morgan fingerprint density at radius 3 is 2.00 bits per heavy atom. The van der Waals surface area contributed by atoms with E-state index in [0.717, 1.165) is 0 Å². The fourth-order valence-corrected chi connectivity index (χ4v) is 2.23. The van der Waals surface area contributed by atoms with Crippen molar-refractivity contribution < 1.29 is 72.9 Å². The molecule has 0 fully saturated rings. The average molecular weight is 512 g/mol. The summed E-state index contributed by atoms with van der Waals surface area (Å²) in [7, 11) is 5.39. The van der Waals surface area contributed by atoms with Crippen LogP contribution < -0.4 is 0 Å². The largest absolute Gasteiger partial charge is 0.479 e. The van der Waals surface area contributed by atoms with Gasteiger partial charge in [0.25, 0.3) is 0 Å². The van der Waals surface area contributed by atoms with Crippen LogP contribution in [0.5, 0.6) is 0 Å². The van der Waals surface area contributed by atoms with Gasteiger partial charge in [-0.2, -0.15) is 0 Å². The molecule has 15 nitrogen and oxygen atoms in total. The zero-order valence-corrected chi connectivity index (χ0v) is 20.0. The van der Waals surface area contributed by atoms with Gasteiger partial charge in [-0.05, 0) is 6.42 Å². The normalized spacial score (nSPS) is 15.7. The number of carbonyl (C=O) groups is 5. The van der Waals surface area contributed by atoms with E-state index in [1.807, 2.05) is 0 Å². The van der Waals surface area contributed by atoms with Gasteiger partial charge in [-0.1, -0.05) is 6.92 Å². The number of rotatable bonds is 17. The zero-order chi connectivity index (χ0) is 27.4. The van der Waals surface area contributed by atoms with E-state index in [4.69, 9.17) is 24.4 Å². The second-order valence-electron chi connectivity index (χ2n) is 8.59. The minimum atomic E-state index is -3.01. The van der Waals surface area contributed by atoms with Gasteiger partial charge in [0.05, 0.1) is 40.6 Å². The third kappa shape index (κ3) is 13.0. The van der Waals surface area contributed by atoms with Crippen molar-refractivity contribution in [3.05, 3.63) is 0 Å². The molecular formula is C20H34NO14+. The van der Waals surface area contributed by atoms with E-state index in [1.54, 1.807) is 21.1 Å². The van der Waals surface area contributed by atoms with Crippen molar-refractivity contribution in [2.75, 3.05) is 47.5 Å². The van der Waals surface area contributed by atoms with E-state index in [9.17, 15) is 39.3 Å². The lowest BCUT2D eigenvalue weighted by molar-refractivity contribution is -0.870. The van der Waals surface area contributed by atoms with Crippen molar-refractivity contribution in [1.82, 2.24) is 0 Å². The minimum Gasteiger partial charge on any atom is -0.479 e. The Bertz CT molecular complexity index is 749. The number of quaternary nitrogens is 1. The molecule has 0 aliphatic carbocycles. The molecule has 202 valence electrons. The first kappa shape index (κ1) is 32.1. The number of carboxylic acids is 2. The van der Waals surface area contributed by atoms with Crippen molar-refractivity contribution >= 4 is 29.8 Å². The van der Waals surface area contributed by atoms with Crippen LogP contribution in [0.4, 0.5) is 0 Å². The lowest BCUT2D eigenvalue weighted by Crippen LogP contribution is -2.45. The lowest BCUT2D eigenvalue weighted by atomic mass is 9.96. The highest BCUT2D eigenvalue weighted by molar-refractivity contribution is 5.89. The van der Waals surface area contributed by atoms with Gasteiger partial charge in [0.1, 0.15) is 25.9 Å². The van der Waals surface area contributed by atoms with Crippen molar-refractivity contribution in [2.24, 2.45) is 0 Å². The molecule has 0 bridgehead atoms. The summed E-state index contributed by atoms with van der Waals surface area (Å²) in [5, 5.41) is 46.5. The molecule has 0 aliphatic rings. The third-order valence-electron chi connectivity index (χ3n) is 4.29. The molecule has 15 heteroatoms. The molecule has 0 saturated carbocycles. The van der Waals surface area contributed by atoms with E-state index in [1.165, 1.54) is 6.92 Å². The highest BCUT2D eigenvalue weighted by atomic mass is 16.7. The monoisotopic (exact) mass is 512 g/mol. The van der Waals surface area contributed by atoms with Crippen LogP contribution in [0.15, 0.2) is 0 Å². The molecule has 35 heavy (non-hydrogen) atoms. The number of ether oxygens (including phenoxy) is 4. The second-order valence-corrected chi connectivity index (χ2v) is 8.59. The first-order valence-corrected chi connectivity index (χ1v) is 10.5. The summed E-state index contributed by atoms with van der Waals surface area (Å²) < 4.78 is 19.7. The predicted octanol–water partition coefficient (Wildman–Crippen LogP) is -2.52. The molecule has 0 radical (unpaired) electrons. The Labute approximate surface area is 201 Å². The molecule has 0 aromatic heterocycles. The summed E-state index contributed by atoms with van der Waals surface area (Å²) >= 11 is 0. The summed E-state index contributed by atoms with van der Waals surface area (Å²) in [6, 6.07) is 0. The molecule has 0 rings (SSSR count). The van der Waals surface area contributed by atoms with Gasteiger partial charge >= 0.3 is 36.1 Å². The number of carbonyl (C=O) groups excluding carboxylic acids is 3. The molecule has 4 unspecified atom stereocenters. The highest BCUT2D eigenvalue weighted by Crippen LogP contribution is 2.19. The first-order valence-electron chi connectivity index (χ1n) is 10.5. The number of likely N-dealkylation sites (N-methyl/N-ethyl adjacent to an activating group) is 1. The topological polar surface area (TPSA) is 223 Å². The summed E-state index contributed by atoms with van der Waals surface area (Å²) in [6.07, 6.45) is -7.73. The zero-order valence-electron chi connectivity index (χ0n) is 20.0. The van der Waals surface area contributed by atoms with Crippen molar-refractivity contribution in [3.8, 4) is 0 Å².